The molecule has 1 aromatic carbocycles. The minimum absolute atomic E-state index is 0.264. The average Bonchev–Trinajstić information content (AvgIpc) is 2.03. The lowest BCUT2D eigenvalue weighted by Gasteiger charge is -2.05. The van der Waals surface area contributed by atoms with Gasteiger partial charge in [-0.1, -0.05) is 18.7 Å². The van der Waals surface area contributed by atoms with Crippen LogP contribution in [0.2, 0.25) is 0 Å². The van der Waals surface area contributed by atoms with Crippen molar-refractivity contribution in [1.29, 1.82) is 0 Å². The highest BCUT2D eigenvalue weighted by Crippen LogP contribution is 2.26. The van der Waals surface area contributed by atoms with E-state index in [1.54, 1.807) is 12.1 Å². The van der Waals surface area contributed by atoms with Crippen molar-refractivity contribution in [2.24, 2.45) is 0 Å². The van der Waals surface area contributed by atoms with Gasteiger partial charge in [0.05, 0.1) is 5.56 Å². The Morgan fingerprint density at radius 2 is 2.00 bits per heavy atom. The molecule has 0 amide bonds. The second-order valence-corrected chi connectivity index (χ2v) is 3.55. The normalized spacial score (nSPS) is 9.69. The summed E-state index contributed by atoms with van der Waals surface area (Å²) < 4.78 is 0.593. The fourth-order valence-corrected chi connectivity index (χ4v) is 1.80. The van der Waals surface area contributed by atoms with E-state index < -0.39 is 5.97 Å². The SMILES string of the molecule is C=C(C)c1cccc(C(=O)O)c1Br. The number of aromatic carboxylic acids is 1. The molecule has 1 N–H and O–H groups in total. The van der Waals surface area contributed by atoms with Crippen LogP contribution in [0.4, 0.5) is 0 Å². The first-order valence-corrected chi connectivity index (χ1v) is 4.51. The fraction of sp³-hybridized carbons (Fsp3) is 0.100. The Hall–Kier alpha value is -1.09. The first-order valence-electron chi connectivity index (χ1n) is 3.71. The maximum absolute atomic E-state index is 10.7. The van der Waals surface area contributed by atoms with Gasteiger partial charge in [-0.05, 0) is 40.1 Å². The van der Waals surface area contributed by atoms with Crippen molar-refractivity contribution < 1.29 is 9.90 Å². The molecular weight excluding hydrogens is 232 g/mol. The predicted octanol–water partition coefficient (Wildman–Crippen LogP) is 3.18. The van der Waals surface area contributed by atoms with Crippen LogP contribution >= 0.6 is 15.9 Å². The highest BCUT2D eigenvalue weighted by atomic mass is 79.9. The van der Waals surface area contributed by atoms with Gasteiger partial charge in [0.1, 0.15) is 0 Å². The Morgan fingerprint density at radius 1 is 1.46 bits per heavy atom. The predicted molar refractivity (Wildman–Crippen MR) is 55.8 cm³/mol. The van der Waals surface area contributed by atoms with Crippen molar-refractivity contribution in [1.82, 2.24) is 0 Å². The first-order chi connectivity index (χ1) is 6.04. The largest absolute Gasteiger partial charge is 0.478 e. The van der Waals surface area contributed by atoms with Gasteiger partial charge in [-0.15, -0.1) is 0 Å². The number of rotatable bonds is 2. The summed E-state index contributed by atoms with van der Waals surface area (Å²) in [5.41, 5.74) is 1.94. The van der Waals surface area contributed by atoms with Crippen LogP contribution < -0.4 is 0 Å². The van der Waals surface area contributed by atoms with E-state index >= 15 is 0 Å². The smallest absolute Gasteiger partial charge is 0.336 e. The van der Waals surface area contributed by atoms with Gasteiger partial charge in [-0.3, -0.25) is 0 Å². The van der Waals surface area contributed by atoms with E-state index in [-0.39, 0.29) is 5.56 Å². The lowest BCUT2D eigenvalue weighted by molar-refractivity contribution is 0.0696. The molecule has 0 aliphatic carbocycles. The monoisotopic (exact) mass is 240 g/mol. The Bertz CT molecular complexity index is 337. The summed E-state index contributed by atoms with van der Waals surface area (Å²) in [5.74, 6) is -0.935. The third kappa shape index (κ3) is 1.98. The van der Waals surface area contributed by atoms with Crippen LogP contribution in [0.5, 0.6) is 0 Å². The van der Waals surface area contributed by atoms with Crippen LogP contribution in [0.1, 0.15) is 22.8 Å². The third-order valence-electron chi connectivity index (χ3n) is 1.69. The Labute approximate surface area is 85.0 Å². The molecule has 1 rings (SSSR count). The summed E-state index contributed by atoms with van der Waals surface area (Å²) in [6.45, 7) is 5.60. The van der Waals surface area contributed by atoms with Crippen LogP contribution in [0.15, 0.2) is 29.3 Å². The topological polar surface area (TPSA) is 37.3 Å². The number of allylic oxidation sites excluding steroid dienone is 1. The molecule has 0 saturated carbocycles. The van der Waals surface area contributed by atoms with E-state index in [9.17, 15) is 4.79 Å². The Morgan fingerprint density at radius 3 is 2.46 bits per heavy atom. The number of carbonyl (C=O) groups is 1. The molecule has 0 aliphatic heterocycles. The summed E-state index contributed by atoms with van der Waals surface area (Å²) in [7, 11) is 0. The maximum atomic E-state index is 10.7. The molecule has 0 bridgehead atoms. The van der Waals surface area contributed by atoms with Crippen molar-refractivity contribution >= 4 is 27.5 Å². The summed E-state index contributed by atoms with van der Waals surface area (Å²) >= 11 is 3.24. The van der Waals surface area contributed by atoms with Crippen LogP contribution in [0, 0.1) is 0 Å². The number of halogens is 1. The Balaban J connectivity index is 3.35. The molecule has 0 aliphatic rings. The molecule has 0 radical (unpaired) electrons. The van der Waals surface area contributed by atoms with Crippen molar-refractivity contribution in [2.45, 2.75) is 6.92 Å². The molecule has 0 heterocycles. The minimum Gasteiger partial charge on any atom is -0.478 e. The van der Waals surface area contributed by atoms with Gasteiger partial charge in [-0.2, -0.15) is 0 Å². The molecule has 3 heteroatoms. The zero-order chi connectivity index (χ0) is 10.0. The molecular formula is C10H9BrO2. The van der Waals surface area contributed by atoms with Gasteiger partial charge in [0.2, 0.25) is 0 Å². The molecule has 1 aromatic rings. The van der Waals surface area contributed by atoms with Crippen LogP contribution in [-0.2, 0) is 0 Å². The number of hydrogen-bond donors (Lipinski definition) is 1. The highest BCUT2D eigenvalue weighted by molar-refractivity contribution is 9.10. The molecule has 2 nitrogen and oxygen atoms in total. The molecule has 13 heavy (non-hydrogen) atoms. The molecule has 68 valence electrons. The molecule has 0 aromatic heterocycles. The molecule has 0 atom stereocenters. The second-order valence-electron chi connectivity index (χ2n) is 2.75. The van der Waals surface area contributed by atoms with E-state index in [4.69, 9.17) is 5.11 Å². The standard InChI is InChI=1S/C10H9BrO2/c1-6(2)7-4-3-5-8(9(7)11)10(12)13/h3-5H,1H2,2H3,(H,12,13). The van der Waals surface area contributed by atoms with Crippen molar-refractivity contribution in [3.8, 4) is 0 Å². The van der Waals surface area contributed by atoms with E-state index in [2.05, 4.69) is 22.5 Å². The quantitative estimate of drug-likeness (QED) is 0.863. The summed E-state index contributed by atoms with van der Waals surface area (Å²) in [6, 6.07) is 5.09. The summed E-state index contributed by atoms with van der Waals surface area (Å²) in [5, 5.41) is 8.81. The van der Waals surface area contributed by atoms with Crippen molar-refractivity contribution in [3.63, 3.8) is 0 Å². The number of carboxylic acids is 1. The highest BCUT2D eigenvalue weighted by Gasteiger charge is 2.11. The van der Waals surface area contributed by atoms with Crippen molar-refractivity contribution in [2.75, 3.05) is 0 Å². The molecule has 0 spiro atoms. The second kappa shape index (κ2) is 3.75. The fourth-order valence-electron chi connectivity index (χ4n) is 1.03. The molecule has 0 saturated heterocycles. The van der Waals surface area contributed by atoms with Crippen molar-refractivity contribution in [3.05, 3.63) is 40.4 Å². The Kier molecular flexibility index (Phi) is 2.88. The maximum Gasteiger partial charge on any atom is 0.336 e. The van der Waals surface area contributed by atoms with Crippen LogP contribution in [0.25, 0.3) is 5.57 Å². The molecule has 0 fully saturated rings. The van der Waals surface area contributed by atoms with Gasteiger partial charge in [0.15, 0.2) is 0 Å². The lowest BCUT2D eigenvalue weighted by atomic mass is 10.1. The third-order valence-corrected chi connectivity index (χ3v) is 2.54. The summed E-state index contributed by atoms with van der Waals surface area (Å²) in [4.78, 5) is 10.7. The van der Waals surface area contributed by atoms with E-state index in [0.29, 0.717) is 4.47 Å². The van der Waals surface area contributed by atoms with Gasteiger partial charge >= 0.3 is 5.97 Å². The number of carboxylic acid groups (broad SMARTS) is 1. The van der Waals surface area contributed by atoms with E-state index in [0.717, 1.165) is 11.1 Å². The zero-order valence-electron chi connectivity index (χ0n) is 7.17. The van der Waals surface area contributed by atoms with Crippen LogP contribution in [0.3, 0.4) is 0 Å². The van der Waals surface area contributed by atoms with E-state index in [1.807, 2.05) is 13.0 Å². The number of hydrogen-bond acceptors (Lipinski definition) is 1. The van der Waals surface area contributed by atoms with Gasteiger partial charge in [-0.25, -0.2) is 4.79 Å². The first kappa shape index (κ1) is 9.99. The minimum atomic E-state index is -0.935. The summed E-state index contributed by atoms with van der Waals surface area (Å²) in [6.07, 6.45) is 0. The molecule has 0 unspecified atom stereocenters. The lowest BCUT2D eigenvalue weighted by Crippen LogP contribution is -1.98. The van der Waals surface area contributed by atoms with Gasteiger partial charge < -0.3 is 5.11 Å². The number of benzene rings is 1. The van der Waals surface area contributed by atoms with Crippen LogP contribution in [-0.4, -0.2) is 11.1 Å². The van der Waals surface area contributed by atoms with Gasteiger partial charge in [0.25, 0.3) is 0 Å². The zero-order valence-corrected chi connectivity index (χ0v) is 8.76. The average molecular weight is 241 g/mol. The van der Waals surface area contributed by atoms with E-state index in [1.165, 1.54) is 0 Å². The van der Waals surface area contributed by atoms with Gasteiger partial charge in [0, 0.05) is 4.47 Å².